The largest absolute Gasteiger partial charge is 0.325 e. The Morgan fingerprint density at radius 2 is 1.96 bits per heavy atom. The van der Waals surface area contributed by atoms with Gasteiger partial charge in [-0.25, -0.2) is 0 Å². The molecule has 1 aromatic carbocycles. The van der Waals surface area contributed by atoms with Crippen LogP contribution in [0, 0.1) is 5.92 Å². The van der Waals surface area contributed by atoms with E-state index in [4.69, 9.17) is 0 Å². The Labute approximate surface area is 149 Å². The average Bonchev–Trinajstić information content (AvgIpc) is 3.02. The smallest absolute Gasteiger partial charge is 0.227 e. The number of hydrogen-bond acceptors (Lipinski definition) is 3. The van der Waals surface area contributed by atoms with Gasteiger partial charge in [0.1, 0.15) is 0 Å². The van der Waals surface area contributed by atoms with Gasteiger partial charge in [0.05, 0.1) is 5.69 Å². The molecule has 2 aliphatic rings. The van der Waals surface area contributed by atoms with Crippen LogP contribution in [0.3, 0.4) is 0 Å². The van der Waals surface area contributed by atoms with Crippen molar-refractivity contribution in [3.8, 4) is 0 Å². The first-order valence-corrected chi connectivity index (χ1v) is 9.40. The fourth-order valence-electron chi connectivity index (χ4n) is 3.46. The van der Waals surface area contributed by atoms with Crippen LogP contribution < -0.4 is 10.6 Å². The van der Waals surface area contributed by atoms with Crippen LogP contribution in [0.4, 0.5) is 5.69 Å². The van der Waals surface area contributed by atoms with Crippen LogP contribution in [-0.2, 0) is 4.79 Å². The zero-order chi connectivity index (χ0) is 15.4. The second kappa shape index (κ2) is 8.95. The fraction of sp³-hybridized carbons (Fsp3) is 0.611. The number of rotatable bonds is 4. The van der Waals surface area contributed by atoms with Gasteiger partial charge in [-0.1, -0.05) is 25.0 Å². The van der Waals surface area contributed by atoms with Gasteiger partial charge in [-0.3, -0.25) is 4.79 Å². The summed E-state index contributed by atoms with van der Waals surface area (Å²) in [5.74, 6) is 0.327. The van der Waals surface area contributed by atoms with Crippen molar-refractivity contribution >= 4 is 35.8 Å². The molecule has 2 fully saturated rings. The number of nitrogens with one attached hydrogen (secondary N) is 2. The lowest BCUT2D eigenvalue weighted by Crippen LogP contribution is -2.40. The van der Waals surface area contributed by atoms with Gasteiger partial charge in [-0.15, -0.1) is 24.2 Å². The molecular weight excluding hydrogens is 328 g/mol. The van der Waals surface area contributed by atoms with Gasteiger partial charge in [0, 0.05) is 22.1 Å². The number of benzene rings is 1. The third-order valence-corrected chi connectivity index (χ3v) is 6.15. The van der Waals surface area contributed by atoms with Gasteiger partial charge in [0.15, 0.2) is 0 Å². The molecule has 3 nitrogen and oxygen atoms in total. The number of carbonyl (C=O) groups excluding carboxylic acids is 1. The second-order valence-electron chi connectivity index (χ2n) is 6.59. The van der Waals surface area contributed by atoms with E-state index in [9.17, 15) is 4.79 Å². The van der Waals surface area contributed by atoms with Crippen molar-refractivity contribution in [1.82, 2.24) is 5.32 Å². The quantitative estimate of drug-likeness (QED) is 0.838. The zero-order valence-corrected chi connectivity index (χ0v) is 15.3. The minimum absolute atomic E-state index is 0. The normalized spacial score (nSPS) is 24.9. The summed E-state index contributed by atoms with van der Waals surface area (Å²) >= 11 is 1.94. The summed E-state index contributed by atoms with van der Waals surface area (Å²) in [6.45, 7) is 3.10. The summed E-state index contributed by atoms with van der Waals surface area (Å²) in [5.41, 5.74) is 0.996. The molecule has 0 aromatic heterocycles. The minimum atomic E-state index is 0. The Morgan fingerprint density at radius 3 is 2.70 bits per heavy atom. The summed E-state index contributed by atoms with van der Waals surface area (Å²) < 4.78 is 0. The number of thioether (sulfide) groups is 1. The molecule has 1 aliphatic carbocycles. The van der Waals surface area contributed by atoms with Crippen molar-refractivity contribution in [3.05, 3.63) is 24.3 Å². The molecule has 1 saturated heterocycles. The van der Waals surface area contributed by atoms with Crippen LogP contribution in [0.15, 0.2) is 29.2 Å². The number of anilines is 1. The Balaban J connectivity index is 0.00000192. The van der Waals surface area contributed by atoms with Gasteiger partial charge in [-0.05, 0) is 51.3 Å². The molecule has 0 spiro atoms. The van der Waals surface area contributed by atoms with Gasteiger partial charge in [-0.2, -0.15) is 0 Å². The maximum atomic E-state index is 12.6. The van der Waals surface area contributed by atoms with E-state index in [-0.39, 0.29) is 24.2 Å². The maximum absolute atomic E-state index is 12.6. The zero-order valence-electron chi connectivity index (χ0n) is 13.7. The standard InChI is InChI=1S/C18H26N2OS.ClH/c1-13-12-14(10-11-19-13)18(21)20-16-8-4-5-9-17(16)22-15-6-2-3-7-15;/h4-5,8-9,13-15,19H,2-3,6-7,10-12H2,1H3,(H,20,21);1H/t13-,14-;/m0./s1. The van der Waals surface area contributed by atoms with Crippen LogP contribution in [0.1, 0.15) is 45.4 Å². The van der Waals surface area contributed by atoms with Gasteiger partial charge >= 0.3 is 0 Å². The Bertz CT molecular complexity index is 519. The summed E-state index contributed by atoms with van der Waals surface area (Å²) in [5, 5.41) is 7.31. The van der Waals surface area contributed by atoms with E-state index in [1.807, 2.05) is 23.9 Å². The third kappa shape index (κ3) is 5.13. The molecule has 3 rings (SSSR count). The van der Waals surface area contributed by atoms with Crippen LogP contribution in [0.5, 0.6) is 0 Å². The van der Waals surface area contributed by atoms with E-state index < -0.39 is 0 Å². The first-order valence-electron chi connectivity index (χ1n) is 8.52. The monoisotopic (exact) mass is 354 g/mol. The number of amides is 1. The lowest BCUT2D eigenvalue weighted by molar-refractivity contribution is -0.120. The van der Waals surface area contributed by atoms with Crippen molar-refractivity contribution in [3.63, 3.8) is 0 Å². The van der Waals surface area contributed by atoms with Gasteiger partial charge < -0.3 is 10.6 Å². The average molecular weight is 355 g/mol. The van der Waals surface area contributed by atoms with Crippen molar-refractivity contribution in [2.45, 2.75) is 61.6 Å². The first-order chi connectivity index (χ1) is 10.7. The molecule has 2 atom stereocenters. The van der Waals surface area contributed by atoms with Crippen LogP contribution in [0.25, 0.3) is 0 Å². The van der Waals surface area contributed by atoms with Crippen LogP contribution >= 0.6 is 24.2 Å². The van der Waals surface area contributed by atoms with Gasteiger partial charge in [0.25, 0.3) is 0 Å². The van der Waals surface area contributed by atoms with Crippen molar-refractivity contribution in [2.75, 3.05) is 11.9 Å². The first kappa shape index (κ1) is 18.6. The minimum Gasteiger partial charge on any atom is -0.325 e. The molecule has 1 amide bonds. The van der Waals surface area contributed by atoms with E-state index >= 15 is 0 Å². The molecule has 1 heterocycles. The molecule has 128 valence electrons. The van der Waals surface area contributed by atoms with Crippen molar-refractivity contribution in [1.29, 1.82) is 0 Å². The lowest BCUT2D eigenvalue weighted by Gasteiger charge is -2.27. The summed E-state index contributed by atoms with van der Waals surface area (Å²) in [6.07, 6.45) is 7.17. The number of para-hydroxylation sites is 1. The maximum Gasteiger partial charge on any atom is 0.227 e. The highest BCUT2D eigenvalue weighted by Crippen LogP contribution is 2.38. The molecule has 0 bridgehead atoms. The van der Waals surface area contributed by atoms with E-state index in [0.717, 1.165) is 30.3 Å². The highest BCUT2D eigenvalue weighted by atomic mass is 35.5. The highest BCUT2D eigenvalue weighted by Gasteiger charge is 2.25. The fourth-order valence-corrected chi connectivity index (χ4v) is 4.79. The topological polar surface area (TPSA) is 41.1 Å². The predicted octanol–water partition coefficient (Wildman–Crippen LogP) is 4.47. The van der Waals surface area contributed by atoms with Crippen molar-refractivity contribution in [2.24, 2.45) is 5.92 Å². The highest BCUT2D eigenvalue weighted by molar-refractivity contribution is 8.00. The molecular formula is C18H27ClN2OS. The van der Waals surface area contributed by atoms with Crippen LogP contribution in [-0.4, -0.2) is 23.7 Å². The van der Waals surface area contributed by atoms with E-state index in [1.54, 1.807) is 0 Å². The molecule has 23 heavy (non-hydrogen) atoms. The third-order valence-electron chi connectivity index (χ3n) is 4.74. The SMILES string of the molecule is C[C@H]1C[C@@H](C(=O)Nc2ccccc2SC2CCCC2)CCN1.Cl. The molecule has 0 radical (unpaired) electrons. The molecule has 0 unspecified atom stereocenters. The predicted molar refractivity (Wildman–Crippen MR) is 101 cm³/mol. The molecule has 5 heteroatoms. The van der Waals surface area contributed by atoms with Gasteiger partial charge in [0.2, 0.25) is 5.91 Å². The molecule has 1 saturated carbocycles. The summed E-state index contributed by atoms with van der Waals surface area (Å²) in [7, 11) is 0. The Hall–Kier alpha value is -0.710. The molecule has 1 aliphatic heterocycles. The Kier molecular flexibility index (Phi) is 7.25. The van der Waals surface area contributed by atoms with E-state index in [0.29, 0.717) is 6.04 Å². The Morgan fingerprint density at radius 1 is 1.22 bits per heavy atom. The van der Waals surface area contributed by atoms with E-state index in [1.165, 1.54) is 30.6 Å². The summed E-state index contributed by atoms with van der Waals surface area (Å²) in [6, 6.07) is 8.70. The molecule has 2 N–H and O–H groups in total. The number of piperidine rings is 1. The second-order valence-corrected chi connectivity index (χ2v) is 7.93. The number of hydrogen-bond donors (Lipinski definition) is 2. The summed E-state index contributed by atoms with van der Waals surface area (Å²) in [4.78, 5) is 13.8. The van der Waals surface area contributed by atoms with Crippen LogP contribution in [0.2, 0.25) is 0 Å². The lowest BCUT2D eigenvalue weighted by atomic mass is 9.92. The van der Waals surface area contributed by atoms with E-state index in [2.05, 4.69) is 29.7 Å². The number of carbonyl (C=O) groups is 1. The van der Waals surface area contributed by atoms with Crippen molar-refractivity contribution < 1.29 is 4.79 Å². The number of halogens is 1. The molecule has 1 aromatic rings.